The molecule has 0 unspecified atom stereocenters. The van der Waals surface area contributed by atoms with Gasteiger partial charge in [0, 0.05) is 41.3 Å². The summed E-state index contributed by atoms with van der Waals surface area (Å²) < 4.78 is 1.89. The first-order chi connectivity index (χ1) is 16.5. The normalized spacial score (nSPS) is 17.4. The molecule has 2 aromatic carbocycles. The number of rotatable bonds is 6. The molecule has 172 valence electrons. The van der Waals surface area contributed by atoms with Crippen LogP contribution in [0.4, 0.5) is 4.79 Å². The van der Waals surface area contributed by atoms with Gasteiger partial charge in [-0.15, -0.1) is 0 Å². The van der Waals surface area contributed by atoms with Crippen molar-refractivity contribution in [2.45, 2.75) is 19.4 Å². The number of likely N-dealkylation sites (tertiary alicyclic amines) is 1. The zero-order chi connectivity index (χ0) is 23.7. The molecule has 5 rings (SSSR count). The highest BCUT2D eigenvalue weighted by atomic mass is 32.2. The lowest BCUT2D eigenvalue weighted by Crippen LogP contribution is -2.33. The van der Waals surface area contributed by atoms with Crippen molar-refractivity contribution in [3.63, 3.8) is 0 Å². The molecule has 7 nitrogen and oxygen atoms in total. The number of fused-ring (bicyclic) bond motifs is 1. The van der Waals surface area contributed by atoms with Crippen LogP contribution in [0.1, 0.15) is 28.8 Å². The van der Waals surface area contributed by atoms with Crippen molar-refractivity contribution in [3.8, 4) is 0 Å². The summed E-state index contributed by atoms with van der Waals surface area (Å²) in [5.74, 6) is -0.699. The largest absolute Gasteiger partial charge is 0.341 e. The number of ketones is 1. The molecule has 1 aromatic heterocycles. The Bertz CT molecular complexity index is 1320. The van der Waals surface area contributed by atoms with E-state index in [0.717, 1.165) is 59.1 Å². The average molecular weight is 474 g/mol. The van der Waals surface area contributed by atoms with E-state index in [4.69, 9.17) is 0 Å². The first-order valence-electron chi connectivity index (χ1n) is 11.2. The van der Waals surface area contributed by atoms with Crippen molar-refractivity contribution < 1.29 is 19.2 Å². The molecule has 0 radical (unpaired) electrons. The van der Waals surface area contributed by atoms with Crippen molar-refractivity contribution in [2.24, 2.45) is 0 Å². The Labute approximate surface area is 201 Å². The topological polar surface area (TPSA) is 79.7 Å². The quantitative estimate of drug-likeness (QED) is 0.396. The lowest BCUT2D eigenvalue weighted by molar-refractivity contribution is -0.130. The molecule has 2 aliphatic rings. The molecule has 3 heterocycles. The molecule has 8 heteroatoms. The van der Waals surface area contributed by atoms with Gasteiger partial charge in [0.25, 0.3) is 11.1 Å². The predicted octanol–water partition coefficient (Wildman–Crippen LogP) is 4.18. The van der Waals surface area contributed by atoms with Crippen molar-refractivity contribution in [1.29, 1.82) is 0 Å². The SMILES string of the molecule is O=C(CN1C(=O)S/C(=C\c2cn(CC(=O)N3CCCC3)c3ccccc23)C1=O)c1ccccc1. The number of thioether (sulfide) groups is 1. The van der Waals surface area contributed by atoms with Crippen molar-refractivity contribution in [2.75, 3.05) is 19.6 Å². The average Bonchev–Trinajstić information content (AvgIpc) is 3.57. The minimum atomic E-state index is -0.482. The van der Waals surface area contributed by atoms with Crippen LogP contribution in [0, 0.1) is 0 Å². The number of para-hydroxylation sites is 1. The molecule has 0 atom stereocenters. The van der Waals surface area contributed by atoms with E-state index in [1.54, 1.807) is 36.4 Å². The number of imide groups is 1. The van der Waals surface area contributed by atoms with Crippen molar-refractivity contribution >= 4 is 51.6 Å². The molecule has 2 fully saturated rings. The monoisotopic (exact) mass is 473 g/mol. The van der Waals surface area contributed by atoms with E-state index in [9.17, 15) is 19.2 Å². The maximum absolute atomic E-state index is 13.0. The molecule has 34 heavy (non-hydrogen) atoms. The molecular weight excluding hydrogens is 450 g/mol. The molecule has 0 N–H and O–H groups in total. The maximum atomic E-state index is 13.0. The molecule has 0 spiro atoms. The molecule has 0 aliphatic carbocycles. The van der Waals surface area contributed by atoms with Gasteiger partial charge in [0.15, 0.2) is 5.78 Å². The van der Waals surface area contributed by atoms with Crippen LogP contribution >= 0.6 is 11.8 Å². The standard InChI is InChI=1S/C26H23N3O4S/c30-22(18-8-2-1-3-9-18)16-29-25(32)23(34-26(29)33)14-19-15-28(21-11-5-4-10-20(19)21)17-24(31)27-12-6-7-13-27/h1-5,8-11,14-15H,6-7,12-13,16-17H2/b23-14-. The van der Waals surface area contributed by atoms with E-state index >= 15 is 0 Å². The number of carbonyl (C=O) groups is 4. The van der Waals surface area contributed by atoms with Gasteiger partial charge < -0.3 is 9.47 Å². The smallest absolute Gasteiger partial charge is 0.293 e. The van der Waals surface area contributed by atoms with Gasteiger partial charge in [0.05, 0.1) is 11.4 Å². The van der Waals surface area contributed by atoms with Crippen LogP contribution < -0.4 is 0 Å². The molecule has 3 aromatic rings. The minimum Gasteiger partial charge on any atom is -0.341 e. The van der Waals surface area contributed by atoms with Crippen LogP contribution in [0.5, 0.6) is 0 Å². The van der Waals surface area contributed by atoms with Crippen LogP contribution in [0.15, 0.2) is 65.7 Å². The van der Waals surface area contributed by atoms with Crippen LogP contribution in [0.2, 0.25) is 0 Å². The van der Waals surface area contributed by atoms with Crippen molar-refractivity contribution in [3.05, 3.63) is 76.8 Å². The summed E-state index contributed by atoms with van der Waals surface area (Å²) in [6.45, 7) is 1.51. The van der Waals surface area contributed by atoms with Crippen LogP contribution in [-0.4, -0.2) is 56.8 Å². The second kappa shape index (κ2) is 9.30. The highest BCUT2D eigenvalue weighted by Crippen LogP contribution is 2.34. The lowest BCUT2D eigenvalue weighted by atomic mass is 10.1. The van der Waals surface area contributed by atoms with Gasteiger partial charge in [-0.3, -0.25) is 24.1 Å². The first kappa shape index (κ1) is 22.2. The Hall–Kier alpha value is -3.65. The van der Waals surface area contributed by atoms with Gasteiger partial charge >= 0.3 is 0 Å². The predicted molar refractivity (Wildman–Crippen MR) is 131 cm³/mol. The third kappa shape index (κ3) is 4.28. The second-order valence-electron chi connectivity index (χ2n) is 8.37. The summed E-state index contributed by atoms with van der Waals surface area (Å²) in [5, 5.41) is 0.428. The number of nitrogens with zero attached hydrogens (tertiary/aromatic N) is 3. The number of aromatic nitrogens is 1. The van der Waals surface area contributed by atoms with Gasteiger partial charge in [-0.05, 0) is 36.7 Å². The zero-order valence-electron chi connectivity index (χ0n) is 18.5. The Morgan fingerprint density at radius 3 is 2.38 bits per heavy atom. The molecular formula is C26H23N3O4S. The molecule has 3 amide bonds. The van der Waals surface area contributed by atoms with E-state index in [-0.39, 0.29) is 29.7 Å². The number of carbonyl (C=O) groups excluding carboxylic acids is 4. The number of hydrogen-bond acceptors (Lipinski definition) is 5. The Balaban J connectivity index is 1.39. The fraction of sp³-hybridized carbons (Fsp3) is 0.231. The van der Waals surface area contributed by atoms with E-state index in [0.29, 0.717) is 5.56 Å². The lowest BCUT2D eigenvalue weighted by Gasteiger charge is -2.15. The first-order valence-corrected chi connectivity index (χ1v) is 12.0. The van der Waals surface area contributed by atoms with Gasteiger partial charge in [-0.25, -0.2) is 0 Å². The van der Waals surface area contributed by atoms with Gasteiger partial charge in [-0.1, -0.05) is 48.5 Å². The fourth-order valence-corrected chi connectivity index (χ4v) is 5.20. The summed E-state index contributed by atoms with van der Waals surface area (Å²) in [7, 11) is 0. The summed E-state index contributed by atoms with van der Waals surface area (Å²) >= 11 is 0.828. The second-order valence-corrected chi connectivity index (χ2v) is 9.37. The highest BCUT2D eigenvalue weighted by molar-refractivity contribution is 8.18. The maximum Gasteiger partial charge on any atom is 0.293 e. The third-order valence-corrected chi connectivity index (χ3v) is 7.05. The van der Waals surface area contributed by atoms with Gasteiger partial charge in [0.1, 0.15) is 6.54 Å². The third-order valence-electron chi connectivity index (χ3n) is 6.14. The molecule has 0 saturated carbocycles. The van der Waals surface area contributed by atoms with Crippen molar-refractivity contribution in [1.82, 2.24) is 14.4 Å². The van der Waals surface area contributed by atoms with Gasteiger partial charge in [0.2, 0.25) is 5.91 Å². The Kier molecular flexibility index (Phi) is 6.06. The molecule has 0 bridgehead atoms. The highest BCUT2D eigenvalue weighted by Gasteiger charge is 2.36. The zero-order valence-corrected chi connectivity index (χ0v) is 19.3. The fourth-order valence-electron chi connectivity index (χ4n) is 4.37. The summed E-state index contributed by atoms with van der Waals surface area (Å²) in [6.07, 6.45) is 5.59. The molecule has 2 saturated heterocycles. The van der Waals surface area contributed by atoms with Crippen LogP contribution in [0.25, 0.3) is 17.0 Å². The number of amides is 3. The van der Waals surface area contributed by atoms with E-state index < -0.39 is 11.1 Å². The Morgan fingerprint density at radius 1 is 0.912 bits per heavy atom. The Morgan fingerprint density at radius 2 is 1.62 bits per heavy atom. The summed E-state index contributed by atoms with van der Waals surface area (Å²) in [6, 6.07) is 16.3. The van der Waals surface area contributed by atoms with E-state index in [1.165, 1.54) is 0 Å². The minimum absolute atomic E-state index is 0.0737. The van der Waals surface area contributed by atoms with E-state index in [2.05, 4.69) is 0 Å². The van der Waals surface area contributed by atoms with Crippen LogP contribution in [-0.2, 0) is 16.1 Å². The van der Waals surface area contributed by atoms with Gasteiger partial charge in [-0.2, -0.15) is 0 Å². The molecule has 2 aliphatic heterocycles. The number of hydrogen-bond donors (Lipinski definition) is 0. The number of Topliss-reactive ketones (excluding diaryl/α,β-unsaturated/α-hetero) is 1. The summed E-state index contributed by atoms with van der Waals surface area (Å²) in [4.78, 5) is 53.9. The van der Waals surface area contributed by atoms with Crippen LogP contribution in [0.3, 0.4) is 0 Å². The van der Waals surface area contributed by atoms with E-state index in [1.807, 2.05) is 39.9 Å². The summed E-state index contributed by atoms with van der Waals surface area (Å²) in [5.41, 5.74) is 2.10. The number of benzene rings is 2.